The summed E-state index contributed by atoms with van der Waals surface area (Å²) in [5.74, 6) is -0.208. The number of nitro groups is 1. The zero-order valence-electron chi connectivity index (χ0n) is 4.87. The Hall–Kier alpha value is 0.0700. The summed E-state index contributed by atoms with van der Waals surface area (Å²) < 4.78 is 0. The minimum atomic E-state index is -0.884. The van der Waals surface area contributed by atoms with Gasteiger partial charge in [0.15, 0.2) is 0 Å². The molecule has 5 heteroatoms. The van der Waals surface area contributed by atoms with Crippen LogP contribution in [0.15, 0.2) is 0 Å². The Morgan fingerprint density at radius 1 is 1.60 bits per heavy atom. The van der Waals surface area contributed by atoms with Crippen molar-refractivity contribution in [2.24, 2.45) is 0 Å². The molecular weight excluding hydrogens is 145 g/mol. The summed E-state index contributed by atoms with van der Waals surface area (Å²) in [6, 6.07) is -0.884. The van der Waals surface area contributed by atoms with Crippen molar-refractivity contribution < 1.29 is 9.72 Å². The van der Waals surface area contributed by atoms with Crippen LogP contribution in [0.5, 0.6) is 0 Å². The van der Waals surface area contributed by atoms with Crippen LogP contribution >= 0.6 is 0 Å². The summed E-state index contributed by atoms with van der Waals surface area (Å²) in [4.78, 5) is 20.1. The second-order valence-corrected chi connectivity index (χ2v) is 2.16. The molecule has 0 spiro atoms. The molecule has 0 aromatic rings. The molecule has 0 heterocycles. The molecule has 0 radical (unpaired) electrons. The van der Waals surface area contributed by atoms with Gasteiger partial charge in [-0.25, -0.2) is 0 Å². The predicted octanol–water partition coefficient (Wildman–Crippen LogP) is -0.264. The average Bonchev–Trinajstić information content (AvgIpc) is 2.13. The van der Waals surface area contributed by atoms with Crippen LogP contribution in [-0.2, 0) is 4.79 Å². The summed E-state index contributed by atoms with van der Waals surface area (Å²) in [5.41, 5.74) is 0. The number of Topliss-reactive ketones (excluding diaryl/α,β-unsaturated/α-hetero) is 1. The van der Waals surface area contributed by atoms with Crippen molar-refractivity contribution in [1.29, 1.82) is 0 Å². The maximum atomic E-state index is 10.6. The standard InChI is InChI=1S/C5H7NO3.Na.H/c7-5-3-1-2-4(5)6(8)9;;/h4H,1-3H2;;. The Morgan fingerprint density at radius 2 is 2.20 bits per heavy atom. The molecule has 1 aliphatic rings. The second-order valence-electron chi connectivity index (χ2n) is 2.16. The molecule has 1 aliphatic carbocycles. The van der Waals surface area contributed by atoms with Crippen molar-refractivity contribution >= 4 is 35.3 Å². The monoisotopic (exact) mass is 153 g/mol. The van der Waals surface area contributed by atoms with Gasteiger partial charge in [0.25, 0.3) is 6.04 Å². The predicted molar refractivity (Wildman–Crippen MR) is 36.8 cm³/mol. The van der Waals surface area contributed by atoms with Crippen LogP contribution in [-0.4, -0.2) is 46.3 Å². The topological polar surface area (TPSA) is 60.2 Å². The van der Waals surface area contributed by atoms with Gasteiger partial charge < -0.3 is 0 Å². The van der Waals surface area contributed by atoms with E-state index in [1.54, 1.807) is 0 Å². The van der Waals surface area contributed by atoms with E-state index in [1.165, 1.54) is 0 Å². The first-order valence-corrected chi connectivity index (χ1v) is 2.88. The molecule has 1 unspecified atom stereocenters. The molecule has 52 valence electrons. The third kappa shape index (κ3) is 2.04. The summed E-state index contributed by atoms with van der Waals surface area (Å²) in [6.07, 6.45) is 1.52. The van der Waals surface area contributed by atoms with Crippen molar-refractivity contribution in [2.75, 3.05) is 0 Å². The van der Waals surface area contributed by atoms with Gasteiger partial charge in [-0.05, 0) is 6.42 Å². The fourth-order valence-corrected chi connectivity index (χ4v) is 1.02. The third-order valence-electron chi connectivity index (χ3n) is 1.53. The number of nitrogens with zero attached hydrogens (tertiary/aromatic N) is 1. The van der Waals surface area contributed by atoms with E-state index in [1.807, 2.05) is 0 Å². The number of rotatable bonds is 1. The van der Waals surface area contributed by atoms with Crippen LogP contribution in [0.25, 0.3) is 0 Å². The molecule has 1 rings (SSSR count). The molecule has 1 atom stereocenters. The van der Waals surface area contributed by atoms with Crippen molar-refractivity contribution in [1.82, 2.24) is 0 Å². The first kappa shape index (κ1) is 10.1. The first-order valence-electron chi connectivity index (χ1n) is 2.88. The molecular formula is C5H8NNaO3. The van der Waals surface area contributed by atoms with E-state index in [9.17, 15) is 14.9 Å². The Kier molecular flexibility index (Phi) is 4.08. The van der Waals surface area contributed by atoms with Gasteiger partial charge in [0.2, 0.25) is 5.78 Å². The van der Waals surface area contributed by atoms with Crippen LogP contribution in [0, 0.1) is 10.1 Å². The fourth-order valence-electron chi connectivity index (χ4n) is 1.02. The fraction of sp³-hybridized carbons (Fsp3) is 0.800. The Bertz CT molecular complexity index is 159. The van der Waals surface area contributed by atoms with Crippen molar-refractivity contribution in [3.8, 4) is 0 Å². The van der Waals surface area contributed by atoms with E-state index >= 15 is 0 Å². The van der Waals surface area contributed by atoms with E-state index in [2.05, 4.69) is 0 Å². The van der Waals surface area contributed by atoms with E-state index in [0.717, 1.165) is 0 Å². The quantitative estimate of drug-likeness (QED) is 0.296. The van der Waals surface area contributed by atoms with Crippen LogP contribution in [0.1, 0.15) is 19.3 Å². The normalized spacial score (nSPS) is 24.0. The molecule has 10 heavy (non-hydrogen) atoms. The summed E-state index contributed by atoms with van der Waals surface area (Å²) in [7, 11) is 0. The molecule has 0 N–H and O–H groups in total. The summed E-state index contributed by atoms with van der Waals surface area (Å²) in [5, 5.41) is 10.00. The molecule has 0 aliphatic heterocycles. The van der Waals surface area contributed by atoms with E-state index in [0.29, 0.717) is 19.3 Å². The minimum absolute atomic E-state index is 0. The molecule has 0 amide bonds. The van der Waals surface area contributed by atoms with E-state index in [4.69, 9.17) is 0 Å². The van der Waals surface area contributed by atoms with Gasteiger partial charge in [-0.15, -0.1) is 0 Å². The maximum absolute atomic E-state index is 10.6. The van der Waals surface area contributed by atoms with Gasteiger partial charge in [0, 0.05) is 17.8 Å². The van der Waals surface area contributed by atoms with Gasteiger partial charge in [0.05, 0.1) is 0 Å². The Morgan fingerprint density at radius 3 is 2.40 bits per heavy atom. The SMILES string of the molecule is O=C1CCCC1[N+](=O)[O-].[NaH]. The second kappa shape index (κ2) is 4.05. The van der Waals surface area contributed by atoms with Gasteiger partial charge in [-0.3, -0.25) is 14.9 Å². The van der Waals surface area contributed by atoms with Crippen LogP contribution in [0.2, 0.25) is 0 Å². The van der Waals surface area contributed by atoms with Crippen LogP contribution in [0.4, 0.5) is 0 Å². The van der Waals surface area contributed by atoms with Crippen molar-refractivity contribution in [3.63, 3.8) is 0 Å². The number of ketones is 1. The van der Waals surface area contributed by atoms with E-state index in [-0.39, 0.29) is 35.3 Å². The zero-order chi connectivity index (χ0) is 6.85. The van der Waals surface area contributed by atoms with Gasteiger partial charge in [-0.1, -0.05) is 0 Å². The zero-order valence-corrected chi connectivity index (χ0v) is 4.87. The molecule has 0 bridgehead atoms. The number of carbonyl (C=O) groups is 1. The van der Waals surface area contributed by atoms with Crippen molar-refractivity contribution in [2.45, 2.75) is 25.3 Å². The Balaban J connectivity index is 0.000000810. The number of hydrogen-bond acceptors (Lipinski definition) is 3. The molecule has 1 fully saturated rings. The summed E-state index contributed by atoms with van der Waals surface area (Å²) in [6.45, 7) is 0. The molecule has 1 saturated carbocycles. The number of carbonyl (C=O) groups excluding carboxylic acids is 1. The van der Waals surface area contributed by atoms with Crippen molar-refractivity contribution in [3.05, 3.63) is 10.1 Å². The first-order chi connectivity index (χ1) is 4.22. The molecule has 0 saturated heterocycles. The van der Waals surface area contributed by atoms with E-state index < -0.39 is 11.0 Å². The van der Waals surface area contributed by atoms with Gasteiger partial charge in [-0.2, -0.15) is 0 Å². The average molecular weight is 153 g/mol. The molecule has 4 nitrogen and oxygen atoms in total. The Labute approximate surface area is 80.4 Å². The molecule has 0 aromatic carbocycles. The summed E-state index contributed by atoms with van der Waals surface area (Å²) >= 11 is 0. The van der Waals surface area contributed by atoms with Crippen LogP contribution < -0.4 is 0 Å². The van der Waals surface area contributed by atoms with Gasteiger partial charge in [0.1, 0.15) is 0 Å². The van der Waals surface area contributed by atoms with Gasteiger partial charge >= 0.3 is 29.6 Å². The number of hydrogen-bond donors (Lipinski definition) is 0. The third-order valence-corrected chi connectivity index (χ3v) is 1.53. The molecule has 0 aromatic heterocycles. The van der Waals surface area contributed by atoms with Crippen LogP contribution in [0.3, 0.4) is 0 Å².